The van der Waals surface area contributed by atoms with Crippen molar-refractivity contribution in [2.75, 3.05) is 0 Å². The molecule has 1 unspecified atom stereocenters. The third-order valence-electron chi connectivity index (χ3n) is 3.89. The Morgan fingerprint density at radius 2 is 1.86 bits per heavy atom. The Morgan fingerprint density at radius 3 is 2.62 bits per heavy atom. The van der Waals surface area contributed by atoms with Crippen LogP contribution < -0.4 is 11.3 Å². The minimum atomic E-state index is -0.0431. The lowest BCUT2D eigenvalue weighted by Gasteiger charge is -2.21. The van der Waals surface area contributed by atoms with Crippen LogP contribution >= 0.6 is 0 Å². The second kappa shape index (κ2) is 5.64. The third-order valence-corrected chi connectivity index (χ3v) is 3.89. The summed E-state index contributed by atoms with van der Waals surface area (Å²) in [6.07, 6.45) is 1.81. The number of hydrazine groups is 1. The topological polar surface area (TPSA) is 50.9 Å². The van der Waals surface area contributed by atoms with Crippen molar-refractivity contribution in [3.63, 3.8) is 0 Å². The molecule has 0 fully saturated rings. The molecule has 3 N–H and O–H groups in total. The summed E-state index contributed by atoms with van der Waals surface area (Å²) in [6.45, 7) is 4.22. The van der Waals surface area contributed by atoms with Crippen molar-refractivity contribution < 1.29 is 0 Å². The Balaban J connectivity index is 2.18. The standard InChI is InChI=1S/C18H19N3/c1-12-8-9-14(13(2)11-12)18(21-19)16-5-3-7-17-15(16)6-4-10-20-17/h3-11,18,21H,19H2,1-2H3. The summed E-state index contributed by atoms with van der Waals surface area (Å²) in [6, 6.07) is 16.6. The Kier molecular flexibility index (Phi) is 3.69. The Labute approximate surface area is 124 Å². The van der Waals surface area contributed by atoms with Crippen LogP contribution in [0.4, 0.5) is 0 Å². The van der Waals surface area contributed by atoms with Crippen LogP contribution in [0, 0.1) is 13.8 Å². The van der Waals surface area contributed by atoms with Gasteiger partial charge in [0.05, 0.1) is 11.6 Å². The predicted molar refractivity (Wildman–Crippen MR) is 86.8 cm³/mol. The highest BCUT2D eigenvalue weighted by Gasteiger charge is 2.17. The van der Waals surface area contributed by atoms with Crippen LogP contribution in [0.2, 0.25) is 0 Å². The Hall–Kier alpha value is -2.23. The lowest BCUT2D eigenvalue weighted by atomic mass is 9.92. The van der Waals surface area contributed by atoms with Gasteiger partial charge < -0.3 is 0 Å². The smallest absolute Gasteiger partial charge is 0.0719 e. The van der Waals surface area contributed by atoms with E-state index in [9.17, 15) is 0 Å². The molecule has 0 aliphatic heterocycles. The Morgan fingerprint density at radius 1 is 1.00 bits per heavy atom. The molecule has 3 heteroatoms. The lowest BCUT2D eigenvalue weighted by Crippen LogP contribution is -2.29. The molecule has 0 spiro atoms. The van der Waals surface area contributed by atoms with Gasteiger partial charge in [-0.05, 0) is 42.7 Å². The van der Waals surface area contributed by atoms with Crippen LogP contribution in [-0.2, 0) is 0 Å². The van der Waals surface area contributed by atoms with Gasteiger partial charge in [0.25, 0.3) is 0 Å². The van der Waals surface area contributed by atoms with Gasteiger partial charge in [0.2, 0.25) is 0 Å². The summed E-state index contributed by atoms with van der Waals surface area (Å²) in [7, 11) is 0. The van der Waals surface area contributed by atoms with E-state index < -0.39 is 0 Å². The van der Waals surface area contributed by atoms with E-state index in [0.717, 1.165) is 16.5 Å². The second-order valence-electron chi connectivity index (χ2n) is 5.38. The van der Waals surface area contributed by atoms with Crippen molar-refractivity contribution in [3.05, 3.63) is 77.0 Å². The molecular weight excluding hydrogens is 258 g/mol. The van der Waals surface area contributed by atoms with Gasteiger partial charge in [-0.3, -0.25) is 10.8 Å². The van der Waals surface area contributed by atoms with Crippen LogP contribution in [0.5, 0.6) is 0 Å². The molecule has 0 radical (unpaired) electrons. The molecule has 0 bridgehead atoms. The zero-order valence-electron chi connectivity index (χ0n) is 12.3. The summed E-state index contributed by atoms with van der Waals surface area (Å²) >= 11 is 0. The first-order valence-electron chi connectivity index (χ1n) is 7.07. The molecule has 0 aliphatic rings. The van der Waals surface area contributed by atoms with E-state index in [1.165, 1.54) is 16.7 Å². The number of hydrogen-bond donors (Lipinski definition) is 2. The van der Waals surface area contributed by atoms with Gasteiger partial charge in [0.1, 0.15) is 0 Å². The van der Waals surface area contributed by atoms with Gasteiger partial charge in [-0.2, -0.15) is 0 Å². The zero-order chi connectivity index (χ0) is 14.8. The maximum Gasteiger partial charge on any atom is 0.0719 e. The molecule has 0 saturated carbocycles. The van der Waals surface area contributed by atoms with E-state index in [2.05, 4.69) is 54.6 Å². The van der Waals surface area contributed by atoms with E-state index in [4.69, 9.17) is 5.84 Å². The van der Waals surface area contributed by atoms with Gasteiger partial charge >= 0.3 is 0 Å². The van der Waals surface area contributed by atoms with E-state index >= 15 is 0 Å². The minimum absolute atomic E-state index is 0.0431. The fraction of sp³-hybridized carbons (Fsp3) is 0.167. The van der Waals surface area contributed by atoms with Crippen LogP contribution in [0.1, 0.15) is 28.3 Å². The number of aromatic nitrogens is 1. The number of nitrogens with zero attached hydrogens (tertiary/aromatic N) is 1. The number of pyridine rings is 1. The minimum Gasteiger partial charge on any atom is -0.271 e. The maximum atomic E-state index is 5.86. The number of nitrogens with two attached hydrogens (primary N) is 1. The molecule has 0 saturated heterocycles. The van der Waals surface area contributed by atoms with Crippen LogP contribution in [0.3, 0.4) is 0 Å². The van der Waals surface area contributed by atoms with E-state index in [-0.39, 0.29) is 6.04 Å². The number of benzene rings is 2. The van der Waals surface area contributed by atoms with Gasteiger partial charge in [0.15, 0.2) is 0 Å². The number of rotatable bonds is 3. The van der Waals surface area contributed by atoms with Crippen molar-refractivity contribution >= 4 is 10.9 Å². The molecule has 0 aliphatic carbocycles. The molecule has 3 nitrogen and oxygen atoms in total. The van der Waals surface area contributed by atoms with Crippen molar-refractivity contribution in [2.45, 2.75) is 19.9 Å². The number of fused-ring (bicyclic) bond motifs is 1. The van der Waals surface area contributed by atoms with Crippen molar-refractivity contribution in [3.8, 4) is 0 Å². The van der Waals surface area contributed by atoms with Crippen LogP contribution in [0.25, 0.3) is 10.9 Å². The summed E-state index contributed by atoms with van der Waals surface area (Å²) in [5.41, 5.74) is 8.78. The quantitative estimate of drug-likeness (QED) is 0.570. The van der Waals surface area contributed by atoms with Crippen LogP contribution in [0.15, 0.2) is 54.7 Å². The molecule has 1 atom stereocenters. The highest BCUT2D eigenvalue weighted by Crippen LogP contribution is 2.29. The van der Waals surface area contributed by atoms with Gasteiger partial charge in [-0.15, -0.1) is 0 Å². The largest absolute Gasteiger partial charge is 0.271 e. The van der Waals surface area contributed by atoms with Gasteiger partial charge in [-0.25, -0.2) is 5.43 Å². The van der Waals surface area contributed by atoms with Crippen molar-refractivity contribution in [1.82, 2.24) is 10.4 Å². The van der Waals surface area contributed by atoms with Crippen molar-refractivity contribution in [2.24, 2.45) is 5.84 Å². The van der Waals surface area contributed by atoms with E-state index in [1.807, 2.05) is 24.4 Å². The third kappa shape index (κ3) is 2.53. The fourth-order valence-electron chi connectivity index (χ4n) is 2.88. The first-order chi connectivity index (χ1) is 10.2. The van der Waals surface area contributed by atoms with E-state index in [0.29, 0.717) is 0 Å². The molecular formula is C18H19N3. The average molecular weight is 277 g/mol. The number of hydrogen-bond acceptors (Lipinski definition) is 3. The molecule has 1 aromatic heterocycles. The summed E-state index contributed by atoms with van der Waals surface area (Å²) in [5, 5.41) is 1.13. The molecule has 3 aromatic rings. The van der Waals surface area contributed by atoms with Crippen LogP contribution in [-0.4, -0.2) is 4.98 Å². The SMILES string of the molecule is Cc1ccc(C(NN)c2cccc3ncccc23)c(C)c1. The first-order valence-corrected chi connectivity index (χ1v) is 7.07. The summed E-state index contributed by atoms with van der Waals surface area (Å²) in [5.74, 6) is 5.86. The highest BCUT2D eigenvalue weighted by atomic mass is 15.2. The Bertz CT molecular complexity index is 775. The summed E-state index contributed by atoms with van der Waals surface area (Å²) in [4.78, 5) is 4.42. The second-order valence-corrected chi connectivity index (χ2v) is 5.38. The lowest BCUT2D eigenvalue weighted by molar-refractivity contribution is 0.637. The number of aryl methyl sites for hydroxylation is 2. The predicted octanol–water partition coefficient (Wildman–Crippen LogP) is 3.40. The van der Waals surface area contributed by atoms with Gasteiger partial charge in [-0.1, -0.05) is 42.0 Å². The molecule has 106 valence electrons. The zero-order valence-corrected chi connectivity index (χ0v) is 12.3. The molecule has 21 heavy (non-hydrogen) atoms. The normalized spacial score (nSPS) is 12.5. The monoisotopic (exact) mass is 277 g/mol. The van der Waals surface area contributed by atoms with Crippen molar-refractivity contribution in [1.29, 1.82) is 0 Å². The maximum absolute atomic E-state index is 5.86. The first kappa shape index (κ1) is 13.7. The molecule has 2 aromatic carbocycles. The number of nitrogens with one attached hydrogen (secondary N) is 1. The molecule has 1 heterocycles. The van der Waals surface area contributed by atoms with E-state index in [1.54, 1.807) is 0 Å². The summed E-state index contributed by atoms with van der Waals surface area (Å²) < 4.78 is 0. The van der Waals surface area contributed by atoms with Gasteiger partial charge in [0, 0.05) is 11.6 Å². The fourth-order valence-corrected chi connectivity index (χ4v) is 2.88. The molecule has 3 rings (SSSR count). The highest BCUT2D eigenvalue weighted by molar-refractivity contribution is 5.83. The molecule has 0 amide bonds. The average Bonchev–Trinajstić information content (AvgIpc) is 2.50.